The molecule has 0 spiro atoms. The van der Waals surface area contributed by atoms with Crippen LogP contribution in [0.2, 0.25) is 0 Å². The summed E-state index contributed by atoms with van der Waals surface area (Å²) in [5, 5.41) is 4.04. The first kappa shape index (κ1) is 23.5. The maximum absolute atomic E-state index is 12.3. The number of fused-ring (bicyclic) bond motifs is 1. The number of aromatic nitrogens is 2. The van der Waals surface area contributed by atoms with Crippen molar-refractivity contribution in [1.29, 1.82) is 0 Å². The second-order valence-corrected chi connectivity index (χ2v) is 7.54. The number of hydrazone groups is 1. The number of esters is 1. The van der Waals surface area contributed by atoms with E-state index in [-0.39, 0.29) is 18.4 Å². The van der Waals surface area contributed by atoms with Crippen LogP contribution in [-0.4, -0.2) is 41.9 Å². The number of hydrogen-bond donors (Lipinski definition) is 1. The van der Waals surface area contributed by atoms with Crippen molar-refractivity contribution in [1.82, 2.24) is 15.0 Å². The van der Waals surface area contributed by atoms with Crippen LogP contribution in [-0.2, 0) is 22.7 Å². The van der Waals surface area contributed by atoms with Crippen molar-refractivity contribution in [3.63, 3.8) is 0 Å². The number of para-hydroxylation sites is 2. The van der Waals surface area contributed by atoms with E-state index in [9.17, 15) is 9.59 Å². The highest BCUT2D eigenvalue weighted by Gasteiger charge is 2.09. The van der Waals surface area contributed by atoms with Gasteiger partial charge in [0.2, 0.25) is 0 Å². The molecule has 0 aliphatic carbocycles. The van der Waals surface area contributed by atoms with Crippen molar-refractivity contribution < 1.29 is 23.8 Å². The first-order valence-electron chi connectivity index (χ1n) is 10.8. The van der Waals surface area contributed by atoms with Crippen molar-refractivity contribution in [2.75, 3.05) is 14.2 Å². The monoisotopic (exact) mass is 472 g/mol. The second kappa shape index (κ2) is 11.0. The van der Waals surface area contributed by atoms with Crippen molar-refractivity contribution >= 4 is 29.1 Å². The van der Waals surface area contributed by atoms with Crippen LogP contribution >= 0.6 is 0 Å². The lowest BCUT2D eigenvalue weighted by molar-refractivity contribution is -0.121. The molecule has 0 atom stereocenters. The van der Waals surface area contributed by atoms with Crippen molar-refractivity contribution in [2.24, 2.45) is 5.10 Å². The minimum atomic E-state index is -0.386. The molecule has 1 heterocycles. The van der Waals surface area contributed by atoms with E-state index < -0.39 is 0 Å². The SMILES string of the molecule is COC(=O)c1ccc(COc2ccc(C=NNC(=O)Cn3cnc4ccccc43)cc2OC)cc1. The van der Waals surface area contributed by atoms with Crippen molar-refractivity contribution in [2.45, 2.75) is 13.2 Å². The van der Waals surface area contributed by atoms with Gasteiger partial charge < -0.3 is 18.8 Å². The highest BCUT2D eigenvalue weighted by atomic mass is 16.5. The van der Waals surface area contributed by atoms with Gasteiger partial charge in [-0.2, -0.15) is 5.10 Å². The van der Waals surface area contributed by atoms with Gasteiger partial charge in [0.1, 0.15) is 13.2 Å². The van der Waals surface area contributed by atoms with E-state index >= 15 is 0 Å². The molecule has 0 aliphatic heterocycles. The fourth-order valence-electron chi connectivity index (χ4n) is 3.40. The summed E-state index contributed by atoms with van der Waals surface area (Å²) in [4.78, 5) is 28.1. The maximum Gasteiger partial charge on any atom is 0.337 e. The van der Waals surface area contributed by atoms with Crippen LogP contribution < -0.4 is 14.9 Å². The number of benzene rings is 3. The van der Waals surface area contributed by atoms with Gasteiger partial charge in [0.15, 0.2) is 11.5 Å². The third-order valence-electron chi connectivity index (χ3n) is 5.20. The van der Waals surface area contributed by atoms with Crippen LogP contribution in [0.1, 0.15) is 21.5 Å². The van der Waals surface area contributed by atoms with Crippen LogP contribution in [0.25, 0.3) is 11.0 Å². The first-order valence-corrected chi connectivity index (χ1v) is 10.8. The molecule has 9 nitrogen and oxygen atoms in total. The summed E-state index contributed by atoms with van der Waals surface area (Å²) < 4.78 is 17.8. The number of methoxy groups -OCH3 is 2. The predicted molar refractivity (Wildman–Crippen MR) is 131 cm³/mol. The van der Waals surface area contributed by atoms with E-state index in [0.29, 0.717) is 23.7 Å². The molecule has 0 saturated heterocycles. The number of rotatable bonds is 9. The van der Waals surface area contributed by atoms with Gasteiger partial charge in [-0.05, 0) is 53.6 Å². The van der Waals surface area contributed by atoms with Gasteiger partial charge in [-0.25, -0.2) is 15.2 Å². The Labute approximate surface area is 201 Å². The molecule has 0 fully saturated rings. The van der Waals surface area contributed by atoms with Gasteiger partial charge in [0.25, 0.3) is 5.91 Å². The lowest BCUT2D eigenvalue weighted by Gasteiger charge is -2.11. The minimum absolute atomic E-state index is 0.106. The smallest absolute Gasteiger partial charge is 0.337 e. The fourth-order valence-corrected chi connectivity index (χ4v) is 3.40. The van der Waals surface area contributed by atoms with E-state index in [1.165, 1.54) is 13.3 Å². The Morgan fingerprint density at radius 3 is 2.60 bits per heavy atom. The van der Waals surface area contributed by atoms with Crippen LogP contribution in [0.15, 0.2) is 78.2 Å². The zero-order valence-corrected chi connectivity index (χ0v) is 19.3. The van der Waals surface area contributed by atoms with Crippen molar-refractivity contribution in [3.05, 3.63) is 89.7 Å². The van der Waals surface area contributed by atoms with E-state index in [2.05, 4.69) is 15.5 Å². The van der Waals surface area contributed by atoms with Crippen LogP contribution in [0.4, 0.5) is 0 Å². The average molecular weight is 473 g/mol. The van der Waals surface area contributed by atoms with Crippen LogP contribution in [0.3, 0.4) is 0 Å². The molecule has 0 saturated carbocycles. The summed E-state index contributed by atoms with van der Waals surface area (Å²) in [6.07, 6.45) is 3.16. The highest BCUT2D eigenvalue weighted by Crippen LogP contribution is 2.28. The molecule has 4 rings (SSSR count). The second-order valence-electron chi connectivity index (χ2n) is 7.54. The van der Waals surface area contributed by atoms with Gasteiger partial charge in [-0.1, -0.05) is 24.3 Å². The van der Waals surface area contributed by atoms with Gasteiger partial charge in [-0.3, -0.25) is 4.79 Å². The molecule has 0 aliphatic rings. The number of nitrogens with zero attached hydrogens (tertiary/aromatic N) is 3. The van der Waals surface area contributed by atoms with Crippen LogP contribution in [0.5, 0.6) is 11.5 Å². The summed E-state index contributed by atoms with van der Waals surface area (Å²) in [5.74, 6) is 0.423. The third kappa shape index (κ3) is 5.83. The average Bonchev–Trinajstić information content (AvgIpc) is 3.30. The lowest BCUT2D eigenvalue weighted by Crippen LogP contribution is -2.22. The number of nitrogens with one attached hydrogen (secondary N) is 1. The zero-order valence-electron chi connectivity index (χ0n) is 19.3. The molecule has 1 amide bonds. The summed E-state index contributed by atoms with van der Waals surface area (Å²) in [6.45, 7) is 0.402. The largest absolute Gasteiger partial charge is 0.493 e. The van der Waals surface area contributed by atoms with Gasteiger partial charge in [-0.15, -0.1) is 0 Å². The van der Waals surface area contributed by atoms with Crippen LogP contribution in [0, 0.1) is 0 Å². The van der Waals surface area contributed by atoms with Gasteiger partial charge in [0.05, 0.1) is 43.4 Å². The lowest BCUT2D eigenvalue weighted by atomic mass is 10.1. The fraction of sp³-hybridized carbons (Fsp3) is 0.154. The first-order chi connectivity index (χ1) is 17.1. The number of hydrogen-bond acceptors (Lipinski definition) is 7. The molecular formula is C26H24N4O5. The number of amides is 1. The Kier molecular flexibility index (Phi) is 7.37. The van der Waals surface area contributed by atoms with Crippen molar-refractivity contribution in [3.8, 4) is 11.5 Å². The number of carbonyl (C=O) groups excluding carboxylic acids is 2. The number of carbonyl (C=O) groups is 2. The summed E-state index contributed by atoms with van der Waals surface area (Å²) >= 11 is 0. The Morgan fingerprint density at radius 1 is 1.03 bits per heavy atom. The van der Waals surface area contributed by atoms with E-state index in [1.807, 2.05) is 24.3 Å². The number of ether oxygens (including phenoxy) is 3. The van der Waals surface area contributed by atoms with E-state index in [4.69, 9.17) is 14.2 Å². The minimum Gasteiger partial charge on any atom is -0.493 e. The van der Waals surface area contributed by atoms with Gasteiger partial charge >= 0.3 is 5.97 Å². The standard InChI is InChI=1S/C26H24N4O5/c1-33-24-13-19(9-12-23(24)35-16-18-7-10-20(11-8-18)26(32)34-2)14-28-29-25(31)15-30-17-27-21-5-3-4-6-22(21)30/h3-14,17H,15-16H2,1-2H3,(H,29,31). The normalized spacial score (nSPS) is 10.9. The topological polar surface area (TPSA) is 104 Å². The number of imidazole rings is 1. The Hall–Kier alpha value is -4.66. The third-order valence-corrected chi connectivity index (χ3v) is 5.20. The quantitative estimate of drug-likeness (QED) is 0.227. The molecule has 0 radical (unpaired) electrons. The van der Waals surface area contributed by atoms with Gasteiger partial charge in [0, 0.05) is 0 Å². The molecule has 1 N–H and O–H groups in total. The molecular weight excluding hydrogens is 448 g/mol. The summed E-state index contributed by atoms with van der Waals surface area (Å²) in [6, 6.07) is 19.9. The molecule has 0 unspecified atom stereocenters. The molecule has 9 heteroatoms. The molecule has 35 heavy (non-hydrogen) atoms. The highest BCUT2D eigenvalue weighted by molar-refractivity contribution is 5.89. The molecule has 0 bridgehead atoms. The Morgan fingerprint density at radius 2 is 1.83 bits per heavy atom. The Balaban J connectivity index is 1.33. The molecule has 178 valence electrons. The maximum atomic E-state index is 12.3. The summed E-state index contributed by atoms with van der Waals surface area (Å²) in [7, 11) is 2.89. The molecule has 4 aromatic rings. The van der Waals surface area contributed by atoms with E-state index in [0.717, 1.165) is 22.2 Å². The predicted octanol–water partition coefficient (Wildman–Crippen LogP) is 3.56. The van der Waals surface area contributed by atoms with E-state index in [1.54, 1.807) is 60.5 Å². The Bertz CT molecular complexity index is 1360. The molecule has 1 aromatic heterocycles. The zero-order chi connectivity index (χ0) is 24.6. The molecule has 3 aromatic carbocycles. The summed E-state index contributed by atoms with van der Waals surface area (Å²) in [5.41, 5.74) is 6.33.